The van der Waals surface area contributed by atoms with Gasteiger partial charge in [-0.05, 0) is 35.4 Å². The van der Waals surface area contributed by atoms with Crippen LogP contribution in [0.2, 0.25) is 0 Å². The average molecular weight is 410 g/mol. The molecular weight excluding hydrogens is 397 g/mol. The van der Waals surface area contributed by atoms with Crippen LogP contribution in [0.4, 0.5) is 30.7 Å². The van der Waals surface area contributed by atoms with Crippen LogP contribution in [-0.2, 0) is 23.9 Å². The summed E-state index contributed by atoms with van der Waals surface area (Å²) >= 11 is 0. The molecule has 28 heavy (non-hydrogen) atoms. The lowest BCUT2D eigenvalue weighted by Crippen LogP contribution is -2.26. The number of benzene rings is 1. The van der Waals surface area contributed by atoms with Gasteiger partial charge in [0.2, 0.25) is 11.8 Å². The molecule has 0 saturated heterocycles. The lowest BCUT2D eigenvalue weighted by molar-refractivity contribution is -0.154. The van der Waals surface area contributed by atoms with E-state index >= 15 is 0 Å². The summed E-state index contributed by atoms with van der Waals surface area (Å²) in [5, 5.41) is 2.31. The SMILES string of the molecule is O=C(Cc1cc(F)ccc1C(F)(F)F)NCc1ccnc(OCC(F)(F)F)c1. The summed E-state index contributed by atoms with van der Waals surface area (Å²) in [6, 6.07) is 4.34. The second kappa shape index (κ2) is 8.44. The number of pyridine rings is 1. The molecule has 152 valence electrons. The highest BCUT2D eigenvalue weighted by Gasteiger charge is 2.33. The Kier molecular flexibility index (Phi) is 6.47. The third-order valence-corrected chi connectivity index (χ3v) is 3.40. The summed E-state index contributed by atoms with van der Waals surface area (Å²) in [5.74, 6) is -2.07. The number of amides is 1. The van der Waals surface area contributed by atoms with E-state index in [0.29, 0.717) is 23.8 Å². The Hall–Kier alpha value is -2.85. The topological polar surface area (TPSA) is 51.2 Å². The maximum atomic E-state index is 13.2. The van der Waals surface area contributed by atoms with Crippen molar-refractivity contribution < 1.29 is 40.3 Å². The van der Waals surface area contributed by atoms with Gasteiger partial charge in [0.05, 0.1) is 12.0 Å². The van der Waals surface area contributed by atoms with Gasteiger partial charge in [-0.25, -0.2) is 9.37 Å². The van der Waals surface area contributed by atoms with Crippen LogP contribution >= 0.6 is 0 Å². The fourth-order valence-electron chi connectivity index (χ4n) is 2.22. The molecule has 1 aromatic heterocycles. The maximum absolute atomic E-state index is 13.2. The summed E-state index contributed by atoms with van der Waals surface area (Å²) in [4.78, 5) is 15.5. The molecule has 2 aromatic rings. The van der Waals surface area contributed by atoms with Crippen LogP contribution in [0.25, 0.3) is 0 Å². The first-order valence-corrected chi connectivity index (χ1v) is 7.71. The Morgan fingerprint density at radius 2 is 1.79 bits per heavy atom. The highest BCUT2D eigenvalue weighted by molar-refractivity contribution is 5.79. The minimum absolute atomic E-state index is 0.194. The van der Waals surface area contributed by atoms with Crippen molar-refractivity contribution in [2.75, 3.05) is 6.61 Å². The number of nitrogens with zero attached hydrogens (tertiary/aromatic N) is 1. The van der Waals surface area contributed by atoms with E-state index in [-0.39, 0.29) is 12.4 Å². The minimum atomic E-state index is -4.75. The van der Waals surface area contributed by atoms with Crippen molar-refractivity contribution in [3.8, 4) is 5.88 Å². The fourth-order valence-corrected chi connectivity index (χ4v) is 2.22. The van der Waals surface area contributed by atoms with Gasteiger partial charge in [0, 0.05) is 18.8 Å². The number of carbonyl (C=O) groups excluding carboxylic acids is 1. The molecule has 11 heteroatoms. The zero-order chi connectivity index (χ0) is 20.9. The lowest BCUT2D eigenvalue weighted by Gasteiger charge is -2.13. The highest BCUT2D eigenvalue weighted by atomic mass is 19.4. The second-order valence-electron chi connectivity index (χ2n) is 5.66. The average Bonchev–Trinajstić information content (AvgIpc) is 2.57. The lowest BCUT2D eigenvalue weighted by atomic mass is 10.0. The number of alkyl halides is 6. The normalized spacial score (nSPS) is 12.0. The van der Waals surface area contributed by atoms with Gasteiger partial charge in [0.1, 0.15) is 5.82 Å². The molecule has 0 aliphatic rings. The summed E-state index contributed by atoms with van der Waals surface area (Å²) in [6.45, 7) is -1.74. The van der Waals surface area contributed by atoms with Crippen LogP contribution in [0.15, 0.2) is 36.5 Å². The first kappa shape index (κ1) is 21.5. The standard InChI is InChI=1S/C17H13F7N2O2/c18-12-1-2-13(17(22,23)24)11(6-12)7-14(27)26-8-10-3-4-25-15(5-10)28-9-16(19,20)21/h1-6H,7-9H2,(H,26,27). The minimum Gasteiger partial charge on any atom is -0.468 e. The van der Waals surface area contributed by atoms with E-state index < -0.39 is 48.2 Å². The molecule has 1 heterocycles. The smallest absolute Gasteiger partial charge is 0.422 e. The molecule has 0 radical (unpaired) electrons. The number of rotatable bonds is 6. The maximum Gasteiger partial charge on any atom is 0.422 e. The van der Waals surface area contributed by atoms with E-state index in [4.69, 9.17) is 0 Å². The number of nitrogens with one attached hydrogen (secondary N) is 1. The number of hydrogen-bond donors (Lipinski definition) is 1. The third-order valence-electron chi connectivity index (χ3n) is 3.40. The van der Waals surface area contributed by atoms with E-state index in [1.807, 2.05) is 0 Å². The van der Waals surface area contributed by atoms with E-state index in [2.05, 4.69) is 15.0 Å². The summed E-state index contributed by atoms with van der Waals surface area (Å²) < 4.78 is 92.9. The molecule has 0 bridgehead atoms. The van der Waals surface area contributed by atoms with Gasteiger partial charge in [-0.15, -0.1) is 0 Å². The van der Waals surface area contributed by atoms with E-state index in [1.54, 1.807) is 0 Å². The molecular formula is C17H13F7N2O2. The molecule has 0 atom stereocenters. The number of carbonyl (C=O) groups is 1. The number of aromatic nitrogens is 1. The molecule has 1 N–H and O–H groups in total. The van der Waals surface area contributed by atoms with Crippen LogP contribution in [0.1, 0.15) is 16.7 Å². The predicted octanol–water partition coefficient (Wildman–Crippen LogP) is 4.04. The molecule has 1 aromatic carbocycles. The Bertz CT molecular complexity index is 835. The molecule has 2 rings (SSSR count). The first-order valence-electron chi connectivity index (χ1n) is 7.71. The van der Waals surface area contributed by atoms with Crippen molar-refractivity contribution in [2.24, 2.45) is 0 Å². The van der Waals surface area contributed by atoms with Crippen molar-refractivity contribution in [3.63, 3.8) is 0 Å². The van der Waals surface area contributed by atoms with Crippen LogP contribution < -0.4 is 10.1 Å². The third kappa shape index (κ3) is 6.71. The van der Waals surface area contributed by atoms with Gasteiger partial charge in [-0.2, -0.15) is 26.3 Å². The predicted molar refractivity (Wildman–Crippen MR) is 82.7 cm³/mol. The molecule has 0 saturated carbocycles. The zero-order valence-corrected chi connectivity index (χ0v) is 14.0. The van der Waals surface area contributed by atoms with Crippen molar-refractivity contribution in [2.45, 2.75) is 25.3 Å². The molecule has 0 unspecified atom stereocenters. The summed E-state index contributed by atoms with van der Waals surface area (Å²) in [5.41, 5.74) is -1.35. The van der Waals surface area contributed by atoms with Crippen molar-refractivity contribution in [3.05, 3.63) is 59.0 Å². The van der Waals surface area contributed by atoms with E-state index in [0.717, 1.165) is 12.3 Å². The number of halogens is 7. The molecule has 4 nitrogen and oxygen atoms in total. The van der Waals surface area contributed by atoms with E-state index in [9.17, 15) is 35.5 Å². The molecule has 0 aliphatic heterocycles. The second-order valence-corrected chi connectivity index (χ2v) is 5.66. The zero-order valence-electron chi connectivity index (χ0n) is 14.0. The Morgan fingerprint density at radius 3 is 2.43 bits per heavy atom. The van der Waals surface area contributed by atoms with Crippen LogP contribution in [-0.4, -0.2) is 23.7 Å². The summed E-state index contributed by atoms with van der Waals surface area (Å²) in [6.07, 6.45) is -8.87. The molecule has 0 aliphatic carbocycles. The fraction of sp³-hybridized carbons (Fsp3) is 0.294. The monoisotopic (exact) mass is 410 g/mol. The van der Waals surface area contributed by atoms with Crippen molar-refractivity contribution >= 4 is 5.91 Å². The van der Waals surface area contributed by atoms with Gasteiger partial charge in [0.25, 0.3) is 0 Å². The van der Waals surface area contributed by atoms with Crippen LogP contribution in [0, 0.1) is 5.82 Å². The molecule has 0 spiro atoms. The van der Waals surface area contributed by atoms with Crippen LogP contribution in [0.3, 0.4) is 0 Å². The molecule has 0 fully saturated rings. The Labute approximate surface area is 154 Å². The van der Waals surface area contributed by atoms with Gasteiger partial charge >= 0.3 is 12.4 Å². The highest BCUT2D eigenvalue weighted by Crippen LogP contribution is 2.32. The number of ether oxygens (including phenoxy) is 1. The first-order chi connectivity index (χ1) is 12.9. The Morgan fingerprint density at radius 1 is 1.07 bits per heavy atom. The van der Waals surface area contributed by atoms with Gasteiger partial charge in [-0.1, -0.05) is 0 Å². The number of hydrogen-bond acceptors (Lipinski definition) is 3. The van der Waals surface area contributed by atoms with Gasteiger partial charge < -0.3 is 10.1 Å². The molecule has 1 amide bonds. The van der Waals surface area contributed by atoms with E-state index in [1.165, 1.54) is 6.07 Å². The van der Waals surface area contributed by atoms with Gasteiger partial charge in [0.15, 0.2) is 6.61 Å². The Balaban J connectivity index is 1.99. The van der Waals surface area contributed by atoms with Crippen LogP contribution in [0.5, 0.6) is 5.88 Å². The quantitative estimate of drug-likeness (QED) is 0.732. The summed E-state index contributed by atoms with van der Waals surface area (Å²) in [7, 11) is 0. The van der Waals surface area contributed by atoms with Crippen molar-refractivity contribution in [1.29, 1.82) is 0 Å². The largest absolute Gasteiger partial charge is 0.468 e. The van der Waals surface area contributed by atoms with Crippen molar-refractivity contribution in [1.82, 2.24) is 10.3 Å². The van der Waals surface area contributed by atoms with Gasteiger partial charge in [-0.3, -0.25) is 4.79 Å².